The summed E-state index contributed by atoms with van der Waals surface area (Å²) in [5.41, 5.74) is -1.13. The topological polar surface area (TPSA) is 17.1 Å². The predicted octanol–water partition coefficient (Wildman–Crippen LogP) is 8.06. The Labute approximate surface area is 179 Å². The summed E-state index contributed by atoms with van der Waals surface area (Å²) in [5.74, 6) is 3.69. The predicted molar refractivity (Wildman–Crippen MR) is 119 cm³/mol. The lowest BCUT2D eigenvalue weighted by atomic mass is 9.41. The van der Waals surface area contributed by atoms with Crippen LogP contribution < -0.4 is 0 Å². The lowest BCUT2D eigenvalue weighted by Gasteiger charge is -2.61. The molecule has 1 atom stereocenters. The lowest BCUT2D eigenvalue weighted by molar-refractivity contribution is -0.194. The number of carbonyl (C=O) groups is 1. The molecule has 4 aliphatic rings. The molecule has 0 amide bonds. The van der Waals surface area contributed by atoms with Gasteiger partial charge in [0.05, 0.1) is 10.8 Å². The van der Waals surface area contributed by atoms with Gasteiger partial charge in [0.2, 0.25) is 0 Å². The molecule has 4 rings (SSSR count). The zero-order chi connectivity index (χ0) is 20.5. The molecular weight excluding hydrogens is 359 g/mol. The third-order valence-corrected chi connectivity index (χ3v) is 10.0. The molecule has 166 valence electrons. The third-order valence-electron chi connectivity index (χ3n) is 10.0. The van der Waals surface area contributed by atoms with E-state index in [0.717, 1.165) is 75.0 Å². The van der Waals surface area contributed by atoms with Crippen molar-refractivity contribution in [2.24, 2.45) is 34.5 Å². The maximum absolute atomic E-state index is 15.7. The second kappa shape index (κ2) is 8.99. The van der Waals surface area contributed by atoms with Gasteiger partial charge >= 0.3 is 0 Å². The van der Waals surface area contributed by atoms with Gasteiger partial charge in [-0.15, -0.1) is 0 Å². The molecule has 1 nitrogen and oxygen atoms in total. The van der Waals surface area contributed by atoms with E-state index < -0.39 is 17.0 Å². The molecule has 0 aromatic rings. The minimum atomic E-state index is -0.837. The van der Waals surface area contributed by atoms with Crippen LogP contribution in [-0.4, -0.2) is 12.0 Å². The van der Waals surface area contributed by atoms with Crippen molar-refractivity contribution >= 4 is 5.78 Å². The van der Waals surface area contributed by atoms with E-state index in [1.165, 1.54) is 57.8 Å². The number of Topliss-reactive ketones (excluding diaryl/α,β-unsaturated/α-hetero) is 1. The summed E-state index contributed by atoms with van der Waals surface area (Å²) in [6.45, 7) is 4.55. The van der Waals surface area contributed by atoms with Crippen LogP contribution in [0, 0.1) is 34.5 Å². The van der Waals surface area contributed by atoms with Crippen LogP contribution >= 0.6 is 0 Å². The molecule has 2 spiro atoms. The second-order valence-electron chi connectivity index (χ2n) is 11.5. The fourth-order valence-electron chi connectivity index (χ4n) is 8.10. The number of ketones is 1. The molecule has 0 radical (unpaired) electrons. The highest BCUT2D eigenvalue weighted by Crippen LogP contribution is 2.66. The lowest BCUT2D eigenvalue weighted by Crippen LogP contribution is -2.69. The van der Waals surface area contributed by atoms with Gasteiger partial charge in [-0.2, -0.15) is 0 Å². The van der Waals surface area contributed by atoms with Gasteiger partial charge in [-0.3, -0.25) is 4.79 Å². The number of hydrogen-bond donors (Lipinski definition) is 0. The Morgan fingerprint density at radius 3 is 1.76 bits per heavy atom. The van der Waals surface area contributed by atoms with Crippen LogP contribution in [0.5, 0.6) is 0 Å². The average Bonchev–Trinajstić information content (AvgIpc) is 2.78. The number of unbranched alkanes of at least 4 members (excludes halogenated alkanes) is 1. The first-order chi connectivity index (χ1) is 14.1. The molecule has 4 saturated carbocycles. The number of rotatable bonds is 6. The number of alkyl halides is 1. The quantitative estimate of drug-likeness (QED) is 0.437. The van der Waals surface area contributed by atoms with Crippen molar-refractivity contribution in [3.8, 4) is 0 Å². The van der Waals surface area contributed by atoms with Crippen molar-refractivity contribution in [3.63, 3.8) is 0 Å². The smallest absolute Gasteiger partial charge is 0.151 e. The summed E-state index contributed by atoms with van der Waals surface area (Å²) < 4.78 is 15.7. The van der Waals surface area contributed by atoms with Crippen LogP contribution in [0.25, 0.3) is 0 Å². The molecule has 0 aromatic carbocycles. The molecule has 0 heterocycles. The fraction of sp³-hybridized carbons (Fsp3) is 0.963. The van der Waals surface area contributed by atoms with Gasteiger partial charge in [0, 0.05) is 0 Å². The van der Waals surface area contributed by atoms with Crippen molar-refractivity contribution in [3.05, 3.63) is 0 Å². The van der Waals surface area contributed by atoms with Crippen LogP contribution in [0.2, 0.25) is 0 Å². The molecule has 0 N–H and O–H groups in total. The van der Waals surface area contributed by atoms with Crippen molar-refractivity contribution < 1.29 is 9.18 Å². The number of carbonyl (C=O) groups excluding carboxylic acids is 1. The van der Waals surface area contributed by atoms with E-state index in [-0.39, 0.29) is 0 Å². The Morgan fingerprint density at radius 2 is 1.24 bits per heavy atom. The number of halogens is 1. The molecule has 0 bridgehead atoms. The highest BCUT2D eigenvalue weighted by atomic mass is 19.1. The molecule has 4 fully saturated rings. The summed E-state index contributed by atoms with van der Waals surface area (Å²) in [7, 11) is 0. The van der Waals surface area contributed by atoms with Gasteiger partial charge in [-0.1, -0.05) is 58.8 Å². The van der Waals surface area contributed by atoms with Crippen LogP contribution in [-0.2, 0) is 4.79 Å². The van der Waals surface area contributed by atoms with Gasteiger partial charge < -0.3 is 0 Å². The molecule has 0 aromatic heterocycles. The van der Waals surface area contributed by atoms with Crippen LogP contribution in [0.1, 0.15) is 123 Å². The molecule has 0 aliphatic heterocycles. The van der Waals surface area contributed by atoms with E-state index in [1.54, 1.807) is 0 Å². The Bertz CT molecular complexity index is 545. The highest BCUT2D eigenvalue weighted by Gasteiger charge is 2.71. The van der Waals surface area contributed by atoms with E-state index in [4.69, 9.17) is 0 Å². The van der Waals surface area contributed by atoms with Crippen LogP contribution in [0.4, 0.5) is 4.39 Å². The van der Waals surface area contributed by atoms with Gasteiger partial charge in [0.1, 0.15) is 6.17 Å². The van der Waals surface area contributed by atoms with E-state index in [1.807, 2.05) is 0 Å². The highest BCUT2D eigenvalue weighted by molar-refractivity contribution is 5.98. The van der Waals surface area contributed by atoms with E-state index in [0.29, 0.717) is 5.78 Å². The molecule has 0 unspecified atom stereocenters. The van der Waals surface area contributed by atoms with Crippen molar-refractivity contribution in [2.45, 2.75) is 129 Å². The van der Waals surface area contributed by atoms with Gasteiger partial charge in [-0.25, -0.2) is 4.39 Å². The summed E-state index contributed by atoms with van der Waals surface area (Å²) in [5, 5.41) is 0. The van der Waals surface area contributed by atoms with Crippen LogP contribution in [0.15, 0.2) is 0 Å². The average molecular weight is 405 g/mol. The SMILES string of the molecule is CCCCC1CCC2(CC1)C(=O)C1(CCC(C3CCC(CCC)CC3)CC1)[C@@H]2F. The van der Waals surface area contributed by atoms with Gasteiger partial charge in [-0.05, 0) is 87.9 Å². The van der Waals surface area contributed by atoms with E-state index >= 15 is 4.39 Å². The van der Waals surface area contributed by atoms with E-state index in [2.05, 4.69) is 13.8 Å². The summed E-state index contributed by atoms with van der Waals surface area (Å²) >= 11 is 0. The first kappa shape index (κ1) is 21.8. The van der Waals surface area contributed by atoms with Crippen LogP contribution in [0.3, 0.4) is 0 Å². The monoisotopic (exact) mass is 404 g/mol. The first-order valence-corrected chi connectivity index (χ1v) is 13.2. The summed E-state index contributed by atoms with van der Waals surface area (Å²) in [6.07, 6.45) is 19.1. The molecule has 2 heteroatoms. The largest absolute Gasteiger partial charge is 0.298 e. The minimum absolute atomic E-state index is 0.358. The van der Waals surface area contributed by atoms with Crippen molar-refractivity contribution in [1.29, 1.82) is 0 Å². The molecule has 29 heavy (non-hydrogen) atoms. The Morgan fingerprint density at radius 1 is 0.724 bits per heavy atom. The number of hydrogen-bond acceptors (Lipinski definition) is 1. The van der Waals surface area contributed by atoms with Gasteiger partial charge in [0.25, 0.3) is 0 Å². The normalized spacial score (nSPS) is 45.5. The second-order valence-corrected chi connectivity index (χ2v) is 11.5. The zero-order valence-electron chi connectivity index (χ0n) is 19.2. The minimum Gasteiger partial charge on any atom is -0.298 e. The summed E-state index contributed by atoms with van der Waals surface area (Å²) in [6, 6.07) is 0. The molecule has 0 saturated heterocycles. The maximum atomic E-state index is 15.7. The zero-order valence-corrected chi connectivity index (χ0v) is 19.2. The fourth-order valence-corrected chi connectivity index (χ4v) is 8.10. The van der Waals surface area contributed by atoms with Gasteiger partial charge in [0.15, 0.2) is 5.78 Å². The van der Waals surface area contributed by atoms with Crippen molar-refractivity contribution in [1.82, 2.24) is 0 Å². The molecular formula is C27H45FO. The summed E-state index contributed by atoms with van der Waals surface area (Å²) in [4.78, 5) is 13.4. The standard InChI is InChI=1S/C27H45FO/c1-3-5-7-21-12-16-26(17-13-21)24(28)27(25(26)29)18-14-23(15-19-27)22-10-8-20(6-4-2)9-11-22/h20-24H,3-19H2,1-2H3/t20?,21?,22?,23?,24-,26?,27?/m1/s1. The third kappa shape index (κ3) is 3.84. The Balaban J connectivity index is 1.28. The Hall–Kier alpha value is -0.400. The first-order valence-electron chi connectivity index (χ1n) is 13.2. The van der Waals surface area contributed by atoms with E-state index in [9.17, 15) is 4.79 Å². The maximum Gasteiger partial charge on any atom is 0.151 e. The Kier molecular flexibility index (Phi) is 6.77. The van der Waals surface area contributed by atoms with Crippen molar-refractivity contribution in [2.75, 3.05) is 0 Å². The molecule has 4 aliphatic carbocycles.